The van der Waals surface area contributed by atoms with E-state index in [0.29, 0.717) is 24.0 Å². The van der Waals surface area contributed by atoms with Gasteiger partial charge in [0.05, 0.1) is 5.56 Å². The average Bonchev–Trinajstić information content (AvgIpc) is 3.05. The number of hydrogen-bond acceptors (Lipinski definition) is 4. The van der Waals surface area contributed by atoms with Crippen molar-refractivity contribution in [2.45, 2.75) is 39.3 Å². The molecule has 2 aromatic rings. The molecule has 1 saturated heterocycles. The van der Waals surface area contributed by atoms with Crippen molar-refractivity contribution in [3.8, 4) is 5.75 Å². The van der Waals surface area contributed by atoms with Crippen LogP contribution in [0.2, 0.25) is 0 Å². The van der Waals surface area contributed by atoms with Gasteiger partial charge in [0.1, 0.15) is 24.9 Å². The Morgan fingerprint density at radius 2 is 2.13 bits per heavy atom. The quantitative estimate of drug-likeness (QED) is 0.849. The van der Waals surface area contributed by atoms with Crippen LogP contribution in [0.1, 0.15) is 29.5 Å². The predicted molar refractivity (Wildman–Crippen MR) is 86.0 cm³/mol. The summed E-state index contributed by atoms with van der Waals surface area (Å²) in [7, 11) is 0. The SMILES string of the molecule is Cc1c(C)c2ccc3c(c2oc1=O)C[NH+](C[C@@H]1CCCO1)CO3. The third-order valence-corrected chi connectivity index (χ3v) is 5.08. The third kappa shape index (κ3) is 2.54. The van der Waals surface area contributed by atoms with Crippen LogP contribution in [0.4, 0.5) is 0 Å². The fraction of sp³-hybridized carbons (Fsp3) is 0.500. The summed E-state index contributed by atoms with van der Waals surface area (Å²) in [5.41, 5.74) is 3.10. The largest absolute Gasteiger partial charge is 0.445 e. The van der Waals surface area contributed by atoms with Gasteiger partial charge in [0.2, 0.25) is 6.73 Å². The fourth-order valence-electron chi connectivity index (χ4n) is 3.59. The molecule has 0 radical (unpaired) electrons. The lowest BCUT2D eigenvalue weighted by Crippen LogP contribution is -3.13. The molecule has 5 nitrogen and oxygen atoms in total. The first-order chi connectivity index (χ1) is 11.1. The maximum atomic E-state index is 12.1. The summed E-state index contributed by atoms with van der Waals surface area (Å²) in [5.74, 6) is 0.833. The molecule has 5 heteroatoms. The number of aryl methyl sites for hydroxylation is 1. The summed E-state index contributed by atoms with van der Waals surface area (Å²) in [4.78, 5) is 13.4. The van der Waals surface area contributed by atoms with Crippen molar-refractivity contribution >= 4 is 11.0 Å². The highest BCUT2D eigenvalue weighted by Crippen LogP contribution is 2.30. The maximum Gasteiger partial charge on any atom is 0.339 e. The van der Waals surface area contributed by atoms with E-state index in [0.717, 1.165) is 54.8 Å². The molecular formula is C18H22NO4+. The van der Waals surface area contributed by atoms with Gasteiger partial charge in [0.15, 0.2) is 5.58 Å². The summed E-state index contributed by atoms with van der Waals surface area (Å²) in [6.07, 6.45) is 2.59. The Balaban J connectivity index is 1.72. The van der Waals surface area contributed by atoms with Gasteiger partial charge in [-0.2, -0.15) is 0 Å². The molecule has 0 saturated carbocycles. The van der Waals surface area contributed by atoms with Crippen molar-refractivity contribution < 1.29 is 18.8 Å². The molecule has 3 heterocycles. The topological polar surface area (TPSA) is 53.1 Å². The van der Waals surface area contributed by atoms with Crippen LogP contribution in [0.15, 0.2) is 21.3 Å². The number of rotatable bonds is 2. The van der Waals surface area contributed by atoms with Crippen LogP contribution in [-0.2, 0) is 11.3 Å². The molecule has 1 unspecified atom stereocenters. The Morgan fingerprint density at radius 3 is 2.91 bits per heavy atom. The second-order valence-electron chi connectivity index (χ2n) is 6.61. The molecule has 1 aromatic carbocycles. The molecule has 1 fully saturated rings. The van der Waals surface area contributed by atoms with E-state index in [-0.39, 0.29) is 5.63 Å². The molecular weight excluding hydrogens is 294 g/mol. The van der Waals surface area contributed by atoms with Gasteiger partial charge in [0.25, 0.3) is 0 Å². The van der Waals surface area contributed by atoms with E-state index in [9.17, 15) is 4.79 Å². The Labute approximate surface area is 134 Å². The number of ether oxygens (including phenoxy) is 2. The monoisotopic (exact) mass is 316 g/mol. The van der Waals surface area contributed by atoms with E-state index < -0.39 is 0 Å². The lowest BCUT2D eigenvalue weighted by atomic mass is 10.0. The minimum absolute atomic E-state index is 0.255. The van der Waals surface area contributed by atoms with E-state index in [1.54, 1.807) is 0 Å². The molecule has 0 spiro atoms. The summed E-state index contributed by atoms with van der Waals surface area (Å²) < 4.78 is 17.3. The Bertz CT molecular complexity index is 805. The summed E-state index contributed by atoms with van der Waals surface area (Å²) in [5, 5.41) is 1.00. The summed E-state index contributed by atoms with van der Waals surface area (Å²) >= 11 is 0. The van der Waals surface area contributed by atoms with Crippen molar-refractivity contribution in [1.29, 1.82) is 0 Å². The van der Waals surface area contributed by atoms with Crippen LogP contribution in [0.5, 0.6) is 5.75 Å². The van der Waals surface area contributed by atoms with Crippen molar-refractivity contribution in [3.63, 3.8) is 0 Å². The first kappa shape index (κ1) is 14.7. The van der Waals surface area contributed by atoms with Crippen molar-refractivity contribution in [1.82, 2.24) is 0 Å². The molecule has 1 aromatic heterocycles. The predicted octanol–water partition coefficient (Wildman–Crippen LogP) is 1.32. The highest BCUT2D eigenvalue weighted by molar-refractivity contribution is 5.85. The molecule has 0 bridgehead atoms. The average molecular weight is 316 g/mol. The standard InChI is InChI=1S/C18H21NO4/c1-11-12(2)18(20)23-17-14(11)5-6-16-15(17)9-19(10-22-16)8-13-4-3-7-21-13/h5-6,13H,3-4,7-10H2,1-2H3/p+1/t13-/m0/s1. The van der Waals surface area contributed by atoms with Gasteiger partial charge in [0, 0.05) is 17.6 Å². The Hall–Kier alpha value is -1.85. The van der Waals surface area contributed by atoms with Gasteiger partial charge < -0.3 is 13.9 Å². The van der Waals surface area contributed by atoms with E-state index in [1.807, 2.05) is 26.0 Å². The van der Waals surface area contributed by atoms with Gasteiger partial charge in [-0.05, 0) is 44.4 Å². The van der Waals surface area contributed by atoms with Crippen molar-refractivity contribution in [2.24, 2.45) is 0 Å². The molecule has 2 aliphatic rings. The number of fused-ring (bicyclic) bond motifs is 3. The van der Waals surface area contributed by atoms with Gasteiger partial charge >= 0.3 is 5.63 Å². The molecule has 23 heavy (non-hydrogen) atoms. The normalized spacial score (nSPS) is 23.7. The van der Waals surface area contributed by atoms with E-state index in [1.165, 1.54) is 4.90 Å². The summed E-state index contributed by atoms with van der Waals surface area (Å²) in [6, 6.07) is 3.98. The van der Waals surface area contributed by atoms with Crippen LogP contribution in [0, 0.1) is 13.8 Å². The Morgan fingerprint density at radius 1 is 1.26 bits per heavy atom. The second kappa shape index (κ2) is 5.65. The Kier molecular flexibility index (Phi) is 3.62. The first-order valence-electron chi connectivity index (χ1n) is 8.27. The first-order valence-corrected chi connectivity index (χ1v) is 8.27. The minimum atomic E-state index is -0.255. The lowest BCUT2D eigenvalue weighted by molar-refractivity contribution is -0.935. The molecule has 4 rings (SSSR count). The highest BCUT2D eigenvalue weighted by atomic mass is 16.5. The van der Waals surface area contributed by atoms with Gasteiger partial charge in [-0.15, -0.1) is 0 Å². The number of hydrogen-bond donors (Lipinski definition) is 1. The van der Waals surface area contributed by atoms with Crippen molar-refractivity contribution in [3.05, 3.63) is 39.2 Å². The van der Waals surface area contributed by atoms with Crippen LogP contribution < -0.4 is 15.3 Å². The van der Waals surface area contributed by atoms with E-state index >= 15 is 0 Å². The molecule has 122 valence electrons. The zero-order chi connectivity index (χ0) is 16.0. The second-order valence-corrected chi connectivity index (χ2v) is 6.61. The molecule has 2 atom stereocenters. The van der Waals surface area contributed by atoms with E-state index in [4.69, 9.17) is 13.9 Å². The third-order valence-electron chi connectivity index (χ3n) is 5.08. The number of benzene rings is 1. The van der Waals surface area contributed by atoms with E-state index in [2.05, 4.69) is 0 Å². The van der Waals surface area contributed by atoms with Gasteiger partial charge in [-0.25, -0.2) is 4.79 Å². The molecule has 0 amide bonds. The van der Waals surface area contributed by atoms with Gasteiger partial charge in [-0.3, -0.25) is 4.90 Å². The molecule has 1 N–H and O–H groups in total. The van der Waals surface area contributed by atoms with Crippen LogP contribution in [-0.4, -0.2) is 26.0 Å². The number of quaternary nitrogens is 1. The van der Waals surface area contributed by atoms with Crippen LogP contribution in [0.3, 0.4) is 0 Å². The highest BCUT2D eigenvalue weighted by Gasteiger charge is 2.28. The summed E-state index contributed by atoms with van der Waals surface area (Å²) in [6.45, 7) is 7.02. The fourth-order valence-corrected chi connectivity index (χ4v) is 3.59. The molecule has 0 aliphatic carbocycles. The lowest BCUT2D eigenvalue weighted by Gasteiger charge is -2.28. The van der Waals surface area contributed by atoms with Gasteiger partial charge in [-0.1, -0.05) is 0 Å². The number of nitrogens with one attached hydrogen (secondary N) is 1. The maximum absolute atomic E-state index is 12.1. The van der Waals surface area contributed by atoms with Crippen molar-refractivity contribution in [2.75, 3.05) is 19.9 Å². The molecule has 2 aliphatic heterocycles. The minimum Gasteiger partial charge on any atom is -0.445 e. The zero-order valence-electron chi connectivity index (χ0n) is 13.6. The zero-order valence-corrected chi connectivity index (χ0v) is 13.6. The van der Waals surface area contributed by atoms with Crippen LogP contribution >= 0.6 is 0 Å². The smallest absolute Gasteiger partial charge is 0.339 e. The van der Waals surface area contributed by atoms with Crippen LogP contribution in [0.25, 0.3) is 11.0 Å².